The van der Waals surface area contributed by atoms with Gasteiger partial charge in [-0.3, -0.25) is 4.72 Å². The number of rotatable bonds is 5. The van der Waals surface area contributed by atoms with Crippen LogP contribution in [0, 0.1) is 6.92 Å². The molecule has 0 aliphatic rings. The predicted octanol–water partition coefficient (Wildman–Crippen LogP) is 2.92. The molecule has 0 spiro atoms. The van der Waals surface area contributed by atoms with Crippen molar-refractivity contribution in [1.82, 2.24) is 4.98 Å². The van der Waals surface area contributed by atoms with Crippen molar-refractivity contribution < 1.29 is 8.42 Å². The molecular weight excluding hydrogens is 294 g/mol. The Bertz CT molecular complexity index is 691. The van der Waals surface area contributed by atoms with E-state index in [0.29, 0.717) is 5.69 Å². The van der Waals surface area contributed by atoms with Gasteiger partial charge in [-0.15, -0.1) is 11.3 Å². The highest BCUT2D eigenvalue weighted by Crippen LogP contribution is 2.30. The normalized spacial score (nSPS) is 11.3. The Morgan fingerprint density at radius 3 is 2.45 bits per heavy atom. The first-order valence-corrected chi connectivity index (χ1v) is 8.89. The fourth-order valence-corrected chi connectivity index (χ4v) is 3.27. The largest absolute Gasteiger partial charge is 0.362 e. The number of hydrogen-bond acceptors (Lipinski definition) is 5. The van der Waals surface area contributed by atoms with E-state index in [1.165, 1.54) is 0 Å². The van der Waals surface area contributed by atoms with Gasteiger partial charge in [-0.25, -0.2) is 13.4 Å². The molecule has 1 heterocycles. The molecule has 0 aliphatic heterocycles. The van der Waals surface area contributed by atoms with Gasteiger partial charge in [0.1, 0.15) is 0 Å². The van der Waals surface area contributed by atoms with Gasteiger partial charge in [-0.2, -0.15) is 0 Å². The molecule has 0 radical (unpaired) electrons. The third-order valence-corrected chi connectivity index (χ3v) is 4.12. The fourth-order valence-electron chi connectivity index (χ4n) is 1.80. The van der Waals surface area contributed by atoms with E-state index < -0.39 is 10.0 Å². The van der Waals surface area contributed by atoms with Crippen molar-refractivity contribution in [1.29, 1.82) is 0 Å². The van der Waals surface area contributed by atoms with Crippen LogP contribution < -0.4 is 10.0 Å². The number of thiazole rings is 1. The SMILES string of the molecule is CCNc1nc(-c2ccc(NS(C)(=O)=O)cc2)c(C)s1. The Balaban J connectivity index is 2.25. The molecule has 0 bridgehead atoms. The lowest BCUT2D eigenvalue weighted by Crippen LogP contribution is -2.09. The highest BCUT2D eigenvalue weighted by molar-refractivity contribution is 7.92. The Hall–Kier alpha value is -1.60. The molecule has 0 aliphatic carbocycles. The van der Waals surface area contributed by atoms with E-state index in [2.05, 4.69) is 15.0 Å². The molecule has 1 aromatic carbocycles. The first kappa shape index (κ1) is 14.8. The molecule has 1 aromatic heterocycles. The fraction of sp³-hybridized carbons (Fsp3) is 0.308. The van der Waals surface area contributed by atoms with Crippen LogP contribution in [0.2, 0.25) is 0 Å². The quantitative estimate of drug-likeness (QED) is 0.890. The minimum absolute atomic E-state index is 0.552. The number of aryl methyl sites for hydroxylation is 1. The van der Waals surface area contributed by atoms with Crippen LogP contribution >= 0.6 is 11.3 Å². The number of benzene rings is 1. The molecule has 20 heavy (non-hydrogen) atoms. The van der Waals surface area contributed by atoms with Crippen LogP contribution in [0.4, 0.5) is 10.8 Å². The third-order valence-electron chi connectivity index (χ3n) is 2.59. The van der Waals surface area contributed by atoms with E-state index in [0.717, 1.165) is 34.1 Å². The minimum atomic E-state index is -3.24. The third kappa shape index (κ3) is 3.71. The van der Waals surface area contributed by atoms with Crippen molar-refractivity contribution in [2.45, 2.75) is 13.8 Å². The number of nitrogens with zero attached hydrogens (tertiary/aromatic N) is 1. The minimum Gasteiger partial charge on any atom is -0.362 e. The van der Waals surface area contributed by atoms with E-state index in [4.69, 9.17) is 0 Å². The molecule has 0 unspecified atom stereocenters. The zero-order chi connectivity index (χ0) is 14.8. The molecule has 0 saturated heterocycles. The van der Waals surface area contributed by atoms with Gasteiger partial charge < -0.3 is 5.32 Å². The lowest BCUT2D eigenvalue weighted by Gasteiger charge is -2.04. The highest BCUT2D eigenvalue weighted by Gasteiger charge is 2.09. The van der Waals surface area contributed by atoms with Gasteiger partial charge in [0.15, 0.2) is 5.13 Å². The lowest BCUT2D eigenvalue weighted by molar-refractivity contribution is 0.607. The number of aromatic nitrogens is 1. The lowest BCUT2D eigenvalue weighted by atomic mass is 10.1. The average molecular weight is 311 g/mol. The Kier molecular flexibility index (Phi) is 4.29. The molecule has 0 fully saturated rings. The second-order valence-electron chi connectivity index (χ2n) is 4.41. The predicted molar refractivity (Wildman–Crippen MR) is 84.9 cm³/mol. The first-order valence-electron chi connectivity index (χ1n) is 6.18. The van der Waals surface area contributed by atoms with Gasteiger partial charge in [-0.1, -0.05) is 12.1 Å². The summed E-state index contributed by atoms with van der Waals surface area (Å²) in [5.74, 6) is 0. The van der Waals surface area contributed by atoms with E-state index in [-0.39, 0.29) is 0 Å². The van der Waals surface area contributed by atoms with Crippen LogP contribution in [-0.4, -0.2) is 26.2 Å². The van der Waals surface area contributed by atoms with Crippen LogP contribution in [0.5, 0.6) is 0 Å². The maximum atomic E-state index is 11.2. The number of sulfonamides is 1. The standard InChI is InChI=1S/C13H17N3O2S2/c1-4-14-13-15-12(9(2)19-13)10-5-7-11(8-6-10)16-20(3,17)18/h5-8,16H,4H2,1-3H3,(H,14,15). The maximum absolute atomic E-state index is 11.2. The van der Waals surface area contributed by atoms with Gasteiger partial charge in [0, 0.05) is 22.7 Å². The summed E-state index contributed by atoms with van der Waals surface area (Å²) in [5, 5.41) is 4.10. The Morgan fingerprint density at radius 1 is 1.25 bits per heavy atom. The summed E-state index contributed by atoms with van der Waals surface area (Å²) in [7, 11) is -3.24. The smallest absolute Gasteiger partial charge is 0.229 e. The summed E-state index contributed by atoms with van der Waals surface area (Å²) in [4.78, 5) is 5.67. The second kappa shape index (κ2) is 5.80. The summed E-state index contributed by atoms with van der Waals surface area (Å²) >= 11 is 1.61. The van der Waals surface area contributed by atoms with E-state index in [1.54, 1.807) is 23.5 Å². The van der Waals surface area contributed by atoms with Crippen molar-refractivity contribution in [2.75, 3.05) is 22.8 Å². The number of nitrogens with one attached hydrogen (secondary N) is 2. The Labute approximate surface area is 123 Å². The van der Waals surface area contributed by atoms with Gasteiger partial charge in [0.2, 0.25) is 10.0 Å². The van der Waals surface area contributed by atoms with E-state index >= 15 is 0 Å². The molecule has 108 valence electrons. The van der Waals surface area contributed by atoms with E-state index in [9.17, 15) is 8.42 Å². The Morgan fingerprint density at radius 2 is 1.90 bits per heavy atom. The van der Waals surface area contributed by atoms with Crippen LogP contribution in [0.25, 0.3) is 11.3 Å². The molecule has 2 aromatic rings. The molecular formula is C13H17N3O2S2. The topological polar surface area (TPSA) is 71.1 Å². The summed E-state index contributed by atoms with van der Waals surface area (Å²) in [5.41, 5.74) is 2.45. The molecule has 2 N–H and O–H groups in total. The van der Waals surface area contributed by atoms with Crippen molar-refractivity contribution in [3.05, 3.63) is 29.1 Å². The average Bonchev–Trinajstić information content (AvgIpc) is 2.70. The zero-order valence-electron chi connectivity index (χ0n) is 11.6. The van der Waals surface area contributed by atoms with E-state index in [1.807, 2.05) is 26.0 Å². The van der Waals surface area contributed by atoms with Crippen LogP contribution in [0.15, 0.2) is 24.3 Å². The summed E-state index contributed by atoms with van der Waals surface area (Å²) in [6, 6.07) is 7.21. The van der Waals surface area contributed by atoms with Crippen LogP contribution in [-0.2, 0) is 10.0 Å². The molecule has 0 amide bonds. The number of anilines is 2. The van der Waals surface area contributed by atoms with Gasteiger partial charge >= 0.3 is 0 Å². The van der Waals surface area contributed by atoms with Gasteiger partial charge in [-0.05, 0) is 26.0 Å². The van der Waals surface area contributed by atoms with Gasteiger partial charge in [0.25, 0.3) is 0 Å². The monoisotopic (exact) mass is 311 g/mol. The van der Waals surface area contributed by atoms with Crippen molar-refractivity contribution in [3.63, 3.8) is 0 Å². The van der Waals surface area contributed by atoms with Gasteiger partial charge in [0.05, 0.1) is 11.9 Å². The first-order chi connectivity index (χ1) is 9.39. The highest BCUT2D eigenvalue weighted by atomic mass is 32.2. The zero-order valence-corrected chi connectivity index (χ0v) is 13.2. The second-order valence-corrected chi connectivity index (χ2v) is 7.36. The van der Waals surface area contributed by atoms with Crippen molar-refractivity contribution in [2.24, 2.45) is 0 Å². The molecule has 0 atom stereocenters. The summed E-state index contributed by atoms with van der Waals surface area (Å²) < 4.78 is 24.8. The van der Waals surface area contributed by atoms with Crippen molar-refractivity contribution in [3.8, 4) is 11.3 Å². The summed E-state index contributed by atoms with van der Waals surface area (Å²) in [6.07, 6.45) is 1.13. The summed E-state index contributed by atoms with van der Waals surface area (Å²) in [6.45, 7) is 4.89. The maximum Gasteiger partial charge on any atom is 0.229 e. The molecule has 7 heteroatoms. The van der Waals surface area contributed by atoms with Crippen molar-refractivity contribution >= 4 is 32.2 Å². The number of hydrogen-bond donors (Lipinski definition) is 2. The van der Waals surface area contributed by atoms with Crippen LogP contribution in [0.3, 0.4) is 0 Å². The molecule has 2 rings (SSSR count). The van der Waals surface area contributed by atoms with Crippen LogP contribution in [0.1, 0.15) is 11.8 Å². The molecule has 5 nitrogen and oxygen atoms in total. The molecule has 0 saturated carbocycles.